The van der Waals surface area contributed by atoms with Crippen molar-refractivity contribution >= 4 is 10.9 Å². The molecule has 2 fully saturated rings. The summed E-state index contributed by atoms with van der Waals surface area (Å²) in [7, 11) is 1.73. The van der Waals surface area contributed by atoms with Crippen LogP contribution in [0.5, 0.6) is 5.75 Å². The maximum Gasteiger partial charge on any atom is 0.130 e. The molecule has 0 amide bonds. The van der Waals surface area contributed by atoms with E-state index in [1.165, 1.54) is 12.0 Å². The zero-order chi connectivity index (χ0) is 16.6. The van der Waals surface area contributed by atoms with Crippen LogP contribution in [-0.4, -0.2) is 24.8 Å². The molecule has 1 saturated heterocycles. The van der Waals surface area contributed by atoms with Crippen LogP contribution >= 0.6 is 0 Å². The van der Waals surface area contributed by atoms with Gasteiger partial charge in [-0.25, -0.2) is 0 Å². The van der Waals surface area contributed by atoms with Crippen LogP contribution in [0.25, 0.3) is 10.9 Å². The Bertz CT molecular complexity index is 712. The van der Waals surface area contributed by atoms with Crippen molar-refractivity contribution in [3.05, 3.63) is 35.5 Å². The molecule has 1 aromatic heterocycles. The van der Waals surface area contributed by atoms with Gasteiger partial charge in [0.25, 0.3) is 0 Å². The third kappa shape index (κ3) is 2.61. The second-order valence-corrected chi connectivity index (χ2v) is 6.49. The van der Waals surface area contributed by atoms with E-state index in [1.54, 1.807) is 7.11 Å². The SMILES string of the molecule is CC.COc1cc(C)nc2ccc(C34CCOC(C)C3C4)cc12. The molecule has 3 heteroatoms. The summed E-state index contributed by atoms with van der Waals surface area (Å²) in [5.41, 5.74) is 3.78. The van der Waals surface area contributed by atoms with Crippen molar-refractivity contribution in [1.29, 1.82) is 0 Å². The van der Waals surface area contributed by atoms with Crippen molar-refractivity contribution in [1.82, 2.24) is 4.98 Å². The van der Waals surface area contributed by atoms with Crippen LogP contribution in [0.15, 0.2) is 24.3 Å². The lowest BCUT2D eigenvalue weighted by molar-refractivity contribution is 0.0125. The molecule has 2 heterocycles. The first kappa shape index (κ1) is 16.3. The molecular formula is C20H27NO2. The number of hydrogen-bond acceptors (Lipinski definition) is 3. The molecule has 2 aliphatic rings. The van der Waals surface area contributed by atoms with E-state index in [4.69, 9.17) is 9.47 Å². The van der Waals surface area contributed by atoms with E-state index >= 15 is 0 Å². The van der Waals surface area contributed by atoms with E-state index < -0.39 is 0 Å². The fourth-order valence-electron chi connectivity index (χ4n) is 4.05. The molecule has 3 atom stereocenters. The van der Waals surface area contributed by atoms with E-state index in [0.29, 0.717) is 17.4 Å². The van der Waals surface area contributed by atoms with Crippen molar-refractivity contribution in [2.45, 2.75) is 52.1 Å². The zero-order valence-corrected chi connectivity index (χ0v) is 14.8. The van der Waals surface area contributed by atoms with Crippen LogP contribution in [0, 0.1) is 12.8 Å². The molecule has 4 rings (SSSR count). The standard InChI is InChI=1S/C18H21NO2.C2H6/c1-11-8-17(20-3)14-9-13(4-5-16(14)19-11)18-6-7-21-12(2)15(18)10-18;1-2/h4-5,8-9,12,15H,6-7,10H2,1-3H3;1-2H3. The van der Waals surface area contributed by atoms with E-state index in [9.17, 15) is 0 Å². The lowest BCUT2D eigenvalue weighted by atomic mass is 9.86. The third-order valence-electron chi connectivity index (χ3n) is 5.32. The molecule has 0 spiro atoms. The number of benzene rings is 1. The van der Waals surface area contributed by atoms with Gasteiger partial charge in [-0.2, -0.15) is 0 Å². The minimum atomic E-state index is 0.335. The Morgan fingerprint density at radius 3 is 2.78 bits per heavy atom. The lowest BCUT2D eigenvalue weighted by Gasteiger charge is -2.27. The first-order chi connectivity index (χ1) is 11.1. The highest BCUT2D eigenvalue weighted by Crippen LogP contribution is 2.61. The predicted octanol–water partition coefficient (Wildman–Crippen LogP) is 4.64. The van der Waals surface area contributed by atoms with Gasteiger partial charge >= 0.3 is 0 Å². The van der Waals surface area contributed by atoms with Crippen LogP contribution in [-0.2, 0) is 10.2 Å². The van der Waals surface area contributed by atoms with E-state index in [2.05, 4.69) is 30.1 Å². The first-order valence-electron chi connectivity index (χ1n) is 8.71. The maximum atomic E-state index is 5.79. The predicted molar refractivity (Wildman–Crippen MR) is 94.2 cm³/mol. The Morgan fingerprint density at radius 2 is 2.04 bits per heavy atom. The van der Waals surface area contributed by atoms with Gasteiger partial charge in [0.1, 0.15) is 5.75 Å². The minimum absolute atomic E-state index is 0.335. The number of methoxy groups -OCH3 is 1. The normalized spacial score (nSPS) is 28.6. The summed E-state index contributed by atoms with van der Waals surface area (Å²) in [6.45, 7) is 9.09. The Balaban J connectivity index is 0.000000753. The number of ether oxygens (including phenoxy) is 2. The van der Waals surface area contributed by atoms with Gasteiger partial charge in [-0.15, -0.1) is 0 Å². The summed E-state index contributed by atoms with van der Waals surface area (Å²) in [5, 5.41) is 1.12. The lowest BCUT2D eigenvalue weighted by Crippen LogP contribution is -2.27. The van der Waals surface area contributed by atoms with Crippen molar-refractivity contribution in [2.24, 2.45) is 5.92 Å². The Labute approximate surface area is 139 Å². The van der Waals surface area contributed by atoms with Crippen molar-refractivity contribution in [3.8, 4) is 5.75 Å². The number of aromatic nitrogens is 1. The summed E-state index contributed by atoms with van der Waals surface area (Å²) in [4.78, 5) is 4.62. The second-order valence-electron chi connectivity index (χ2n) is 6.49. The molecule has 2 aromatic rings. The number of hydrogen-bond donors (Lipinski definition) is 0. The molecule has 3 unspecified atom stereocenters. The molecular weight excluding hydrogens is 286 g/mol. The van der Waals surface area contributed by atoms with Crippen LogP contribution in [0.2, 0.25) is 0 Å². The molecule has 1 aliphatic carbocycles. The molecule has 1 aromatic carbocycles. The van der Waals surface area contributed by atoms with E-state index in [-0.39, 0.29) is 0 Å². The van der Waals surface area contributed by atoms with Crippen molar-refractivity contribution in [2.75, 3.05) is 13.7 Å². The molecule has 3 nitrogen and oxygen atoms in total. The highest BCUT2D eigenvalue weighted by atomic mass is 16.5. The van der Waals surface area contributed by atoms with E-state index in [0.717, 1.165) is 35.4 Å². The smallest absolute Gasteiger partial charge is 0.130 e. The Hall–Kier alpha value is -1.61. The number of nitrogens with zero attached hydrogens (tertiary/aromatic N) is 1. The summed E-state index contributed by atoms with van der Waals surface area (Å²) in [6, 6.07) is 8.70. The van der Waals surface area contributed by atoms with Gasteiger partial charge in [0, 0.05) is 29.2 Å². The first-order valence-corrected chi connectivity index (χ1v) is 8.71. The largest absolute Gasteiger partial charge is 0.496 e. The average Bonchev–Trinajstić information content (AvgIpc) is 3.33. The summed E-state index contributed by atoms with van der Waals surface area (Å²) >= 11 is 0. The number of fused-ring (bicyclic) bond motifs is 2. The van der Waals surface area contributed by atoms with Gasteiger partial charge in [-0.1, -0.05) is 19.9 Å². The average molecular weight is 313 g/mol. The fourth-order valence-corrected chi connectivity index (χ4v) is 4.05. The van der Waals surface area contributed by atoms with Gasteiger partial charge in [0.05, 0.1) is 18.7 Å². The third-order valence-corrected chi connectivity index (χ3v) is 5.32. The van der Waals surface area contributed by atoms with Crippen LogP contribution in [0.1, 0.15) is 44.9 Å². The number of rotatable bonds is 2. The van der Waals surface area contributed by atoms with Crippen LogP contribution < -0.4 is 4.74 Å². The Morgan fingerprint density at radius 1 is 1.26 bits per heavy atom. The van der Waals surface area contributed by atoms with Crippen LogP contribution in [0.3, 0.4) is 0 Å². The monoisotopic (exact) mass is 313 g/mol. The minimum Gasteiger partial charge on any atom is -0.496 e. The van der Waals surface area contributed by atoms with Crippen molar-refractivity contribution < 1.29 is 9.47 Å². The molecule has 1 saturated carbocycles. The highest BCUT2D eigenvalue weighted by Gasteiger charge is 2.59. The highest BCUT2D eigenvalue weighted by molar-refractivity contribution is 5.86. The van der Waals surface area contributed by atoms with Crippen LogP contribution in [0.4, 0.5) is 0 Å². The van der Waals surface area contributed by atoms with E-state index in [1.807, 2.05) is 26.8 Å². The fraction of sp³-hybridized carbons (Fsp3) is 0.550. The van der Waals surface area contributed by atoms with Gasteiger partial charge in [-0.05, 0) is 50.3 Å². The molecule has 124 valence electrons. The van der Waals surface area contributed by atoms with Gasteiger partial charge < -0.3 is 9.47 Å². The molecule has 0 radical (unpaired) electrons. The number of aryl methyl sites for hydroxylation is 1. The topological polar surface area (TPSA) is 31.4 Å². The second kappa shape index (κ2) is 6.12. The summed E-state index contributed by atoms with van der Waals surface area (Å²) in [5.74, 6) is 1.60. The summed E-state index contributed by atoms with van der Waals surface area (Å²) in [6.07, 6.45) is 2.77. The van der Waals surface area contributed by atoms with Gasteiger partial charge in [-0.3, -0.25) is 4.98 Å². The molecule has 0 bridgehead atoms. The summed E-state index contributed by atoms with van der Waals surface area (Å²) < 4.78 is 11.3. The zero-order valence-electron chi connectivity index (χ0n) is 14.8. The molecule has 1 aliphatic heterocycles. The van der Waals surface area contributed by atoms with Gasteiger partial charge in [0.15, 0.2) is 0 Å². The quantitative estimate of drug-likeness (QED) is 0.809. The molecule has 23 heavy (non-hydrogen) atoms. The van der Waals surface area contributed by atoms with Crippen molar-refractivity contribution in [3.63, 3.8) is 0 Å². The Kier molecular flexibility index (Phi) is 4.33. The van der Waals surface area contributed by atoms with Gasteiger partial charge in [0.2, 0.25) is 0 Å². The maximum absolute atomic E-state index is 5.79. The number of pyridine rings is 1. The molecule has 0 N–H and O–H groups in total.